The third-order valence-electron chi connectivity index (χ3n) is 5.75. The Morgan fingerprint density at radius 3 is 1.90 bits per heavy atom. The third-order valence-corrected chi connectivity index (χ3v) is 6.94. The molecule has 0 unspecified atom stereocenters. The molecule has 5 rings (SSSR count). The average molecular weight is 426 g/mol. The molecule has 0 aliphatic heterocycles. The zero-order valence-electron chi connectivity index (χ0n) is 17.1. The molecule has 1 aromatic heterocycles. The summed E-state index contributed by atoms with van der Waals surface area (Å²) >= 11 is 0.961. The van der Waals surface area contributed by atoms with Crippen molar-refractivity contribution in [2.24, 2.45) is 0 Å². The summed E-state index contributed by atoms with van der Waals surface area (Å²) in [5.41, 5.74) is 0.847. The first-order valence-electron chi connectivity index (χ1n) is 10.1. The SMILES string of the molecule is CC(C)=CCCc1ccc2c(=O)c3sc4c(=O)c5ccccc5c(=O)c4c3c(=O)c2c1. The molecule has 5 aromatic rings. The van der Waals surface area contributed by atoms with E-state index >= 15 is 0 Å². The fourth-order valence-corrected chi connectivity index (χ4v) is 5.44. The van der Waals surface area contributed by atoms with Crippen LogP contribution in [0.15, 0.2) is 73.3 Å². The molecule has 31 heavy (non-hydrogen) atoms. The zero-order chi connectivity index (χ0) is 21.9. The molecule has 0 radical (unpaired) electrons. The van der Waals surface area contributed by atoms with Gasteiger partial charge >= 0.3 is 0 Å². The van der Waals surface area contributed by atoms with Crippen molar-refractivity contribution in [2.75, 3.05) is 0 Å². The number of hydrogen-bond acceptors (Lipinski definition) is 5. The lowest BCUT2D eigenvalue weighted by Gasteiger charge is -2.03. The van der Waals surface area contributed by atoms with Crippen molar-refractivity contribution in [3.05, 3.63) is 101 Å². The second kappa shape index (κ2) is 7.06. The quantitative estimate of drug-likeness (QED) is 0.396. The van der Waals surface area contributed by atoms with Crippen molar-refractivity contribution in [1.82, 2.24) is 0 Å². The van der Waals surface area contributed by atoms with Gasteiger partial charge in [-0.05, 0) is 44.4 Å². The second-order valence-corrected chi connectivity index (χ2v) is 9.09. The van der Waals surface area contributed by atoms with Crippen LogP contribution in [-0.4, -0.2) is 0 Å². The lowest BCUT2D eigenvalue weighted by Crippen LogP contribution is -2.15. The molecule has 0 atom stereocenters. The van der Waals surface area contributed by atoms with E-state index in [2.05, 4.69) is 6.08 Å². The molecule has 0 aliphatic carbocycles. The molecule has 0 aliphatic rings. The lowest BCUT2D eigenvalue weighted by atomic mass is 9.99. The Morgan fingerprint density at radius 2 is 1.29 bits per heavy atom. The van der Waals surface area contributed by atoms with Gasteiger partial charge in [0.1, 0.15) is 0 Å². The Kier molecular flexibility index (Phi) is 4.45. The van der Waals surface area contributed by atoms with Crippen LogP contribution in [0.5, 0.6) is 0 Å². The minimum absolute atomic E-state index is 0.0858. The Bertz CT molecular complexity index is 1780. The maximum absolute atomic E-state index is 13.5. The number of benzene rings is 4. The highest BCUT2D eigenvalue weighted by Gasteiger charge is 2.21. The van der Waals surface area contributed by atoms with Crippen LogP contribution in [0.1, 0.15) is 25.8 Å². The van der Waals surface area contributed by atoms with E-state index in [4.69, 9.17) is 0 Å². The monoisotopic (exact) mass is 426 g/mol. The molecule has 0 spiro atoms. The minimum atomic E-state index is -0.369. The van der Waals surface area contributed by atoms with Gasteiger partial charge in [-0.3, -0.25) is 19.2 Å². The van der Waals surface area contributed by atoms with E-state index in [0.717, 1.165) is 29.7 Å². The highest BCUT2D eigenvalue weighted by Crippen LogP contribution is 2.29. The van der Waals surface area contributed by atoms with Gasteiger partial charge in [0.05, 0.1) is 20.2 Å². The van der Waals surface area contributed by atoms with E-state index in [1.165, 1.54) is 5.57 Å². The summed E-state index contributed by atoms with van der Waals surface area (Å²) in [5.74, 6) is 0. The van der Waals surface area contributed by atoms with E-state index < -0.39 is 0 Å². The number of aryl methyl sites for hydroxylation is 1. The van der Waals surface area contributed by atoms with Gasteiger partial charge in [0.2, 0.25) is 10.9 Å². The fraction of sp³-hybridized carbons (Fsp3) is 0.154. The summed E-state index contributed by atoms with van der Waals surface area (Å²) in [6.07, 6.45) is 3.72. The van der Waals surface area contributed by atoms with Crippen LogP contribution < -0.4 is 21.7 Å². The molecular formula is C26H18O4S. The Hall–Kier alpha value is -3.44. The van der Waals surface area contributed by atoms with Crippen molar-refractivity contribution < 1.29 is 0 Å². The van der Waals surface area contributed by atoms with Gasteiger partial charge in [0, 0.05) is 21.5 Å². The minimum Gasteiger partial charge on any atom is -0.289 e. The van der Waals surface area contributed by atoms with Crippen molar-refractivity contribution in [3.8, 4) is 0 Å². The van der Waals surface area contributed by atoms with Crippen LogP contribution in [-0.2, 0) is 6.42 Å². The molecule has 4 aromatic carbocycles. The van der Waals surface area contributed by atoms with E-state index in [1.807, 2.05) is 19.9 Å². The van der Waals surface area contributed by atoms with Crippen LogP contribution in [0.3, 0.4) is 0 Å². The highest BCUT2D eigenvalue weighted by atomic mass is 32.1. The molecule has 5 heteroatoms. The van der Waals surface area contributed by atoms with Gasteiger partial charge in [-0.15, -0.1) is 11.3 Å². The van der Waals surface area contributed by atoms with Crippen LogP contribution in [0.2, 0.25) is 0 Å². The normalized spacial score (nSPS) is 11.7. The van der Waals surface area contributed by atoms with Crippen LogP contribution in [0.4, 0.5) is 0 Å². The molecule has 0 bridgehead atoms. The number of hydrogen-bond donors (Lipinski definition) is 0. The summed E-state index contributed by atoms with van der Waals surface area (Å²) < 4.78 is 0.376. The Labute approximate surface area is 180 Å². The summed E-state index contributed by atoms with van der Waals surface area (Å²) in [4.78, 5) is 52.9. The molecule has 0 amide bonds. The topological polar surface area (TPSA) is 68.3 Å². The standard InChI is InChI=1S/C26H18O4S/c1-13(2)6-5-7-14-10-11-17-18(12-14)22(28)20-19-21(27)15-8-3-4-9-16(15)23(29)25(19)31-26(20)24(17)30/h3-4,6,8-12H,5,7H2,1-2H3. The molecule has 4 nitrogen and oxygen atoms in total. The van der Waals surface area contributed by atoms with Gasteiger partial charge in [0.25, 0.3) is 0 Å². The number of allylic oxidation sites excluding steroid dienone is 2. The lowest BCUT2D eigenvalue weighted by molar-refractivity contribution is 0.991. The van der Waals surface area contributed by atoms with Gasteiger partial charge in [-0.25, -0.2) is 0 Å². The molecule has 0 saturated carbocycles. The van der Waals surface area contributed by atoms with Crippen LogP contribution in [0.25, 0.3) is 41.7 Å². The fourth-order valence-electron chi connectivity index (χ4n) is 4.24. The summed E-state index contributed by atoms with van der Waals surface area (Å²) in [6, 6.07) is 11.9. The average Bonchev–Trinajstić information content (AvgIpc) is 3.17. The summed E-state index contributed by atoms with van der Waals surface area (Å²) in [7, 11) is 0. The third kappa shape index (κ3) is 2.88. The first-order chi connectivity index (χ1) is 14.9. The molecule has 152 valence electrons. The first-order valence-corrected chi connectivity index (χ1v) is 10.9. The smallest absolute Gasteiger partial charge is 0.204 e. The van der Waals surface area contributed by atoms with E-state index in [1.54, 1.807) is 36.4 Å². The molecule has 0 saturated heterocycles. The predicted molar refractivity (Wildman–Crippen MR) is 130 cm³/mol. The van der Waals surface area contributed by atoms with Gasteiger partial charge < -0.3 is 0 Å². The predicted octanol–water partition coefficient (Wildman–Crippen LogP) is 4.58. The van der Waals surface area contributed by atoms with Crippen molar-refractivity contribution in [3.63, 3.8) is 0 Å². The summed E-state index contributed by atoms with van der Waals surface area (Å²) in [5, 5.41) is 1.42. The first kappa shape index (κ1) is 19.5. The molecule has 0 N–H and O–H groups in total. The molecule has 0 fully saturated rings. The number of thiophene rings is 1. The van der Waals surface area contributed by atoms with Gasteiger partial charge in [0.15, 0.2) is 10.9 Å². The van der Waals surface area contributed by atoms with E-state index in [9.17, 15) is 19.2 Å². The molecular weight excluding hydrogens is 408 g/mol. The zero-order valence-corrected chi connectivity index (χ0v) is 17.9. The van der Waals surface area contributed by atoms with E-state index in [-0.39, 0.29) is 47.3 Å². The van der Waals surface area contributed by atoms with Crippen LogP contribution >= 0.6 is 11.3 Å². The Morgan fingerprint density at radius 1 is 0.742 bits per heavy atom. The highest BCUT2D eigenvalue weighted by molar-refractivity contribution is 7.25. The number of fused-ring (bicyclic) bond motifs is 5. The maximum Gasteiger partial charge on any atom is 0.204 e. The van der Waals surface area contributed by atoms with Crippen molar-refractivity contribution >= 4 is 53.1 Å². The Balaban J connectivity index is 1.91. The number of rotatable bonds is 3. The maximum atomic E-state index is 13.5. The van der Waals surface area contributed by atoms with Crippen LogP contribution in [0, 0.1) is 0 Å². The summed E-state index contributed by atoms with van der Waals surface area (Å²) in [6.45, 7) is 4.07. The largest absolute Gasteiger partial charge is 0.289 e. The second-order valence-electron chi connectivity index (χ2n) is 8.07. The van der Waals surface area contributed by atoms with Crippen molar-refractivity contribution in [2.45, 2.75) is 26.7 Å². The van der Waals surface area contributed by atoms with Crippen molar-refractivity contribution in [1.29, 1.82) is 0 Å². The van der Waals surface area contributed by atoms with Gasteiger partial charge in [-0.1, -0.05) is 42.0 Å². The van der Waals surface area contributed by atoms with E-state index in [0.29, 0.717) is 16.2 Å². The molecule has 1 heterocycles. The van der Waals surface area contributed by atoms with Gasteiger partial charge in [-0.2, -0.15) is 0 Å².